The summed E-state index contributed by atoms with van der Waals surface area (Å²) in [5.41, 5.74) is 0. The third kappa shape index (κ3) is 4.28. The molecule has 1 aliphatic rings. The fourth-order valence-corrected chi connectivity index (χ4v) is 2.85. The van der Waals surface area contributed by atoms with Crippen molar-refractivity contribution in [3.05, 3.63) is 0 Å². The van der Waals surface area contributed by atoms with Crippen molar-refractivity contribution in [1.82, 2.24) is 5.32 Å². The van der Waals surface area contributed by atoms with Gasteiger partial charge >= 0.3 is 0 Å². The van der Waals surface area contributed by atoms with Crippen LogP contribution in [0.1, 0.15) is 39.0 Å². The van der Waals surface area contributed by atoms with E-state index in [0.717, 1.165) is 5.33 Å². The highest BCUT2D eigenvalue weighted by molar-refractivity contribution is 9.09. The maximum atomic E-state index is 5.41. The fraction of sp³-hybridized carbons (Fsp3) is 1.00. The highest BCUT2D eigenvalue weighted by atomic mass is 79.9. The van der Waals surface area contributed by atoms with E-state index >= 15 is 0 Å². The van der Waals surface area contributed by atoms with Gasteiger partial charge < -0.3 is 10.1 Å². The van der Waals surface area contributed by atoms with Crippen LogP contribution in [0.2, 0.25) is 0 Å². The van der Waals surface area contributed by atoms with Crippen molar-refractivity contribution in [2.45, 2.75) is 57.2 Å². The van der Waals surface area contributed by atoms with Crippen molar-refractivity contribution in [3.63, 3.8) is 0 Å². The monoisotopic (exact) mass is 263 g/mol. The molecule has 3 heteroatoms. The Morgan fingerprint density at radius 3 is 2.93 bits per heavy atom. The standard InChI is InChI=1S/C11H22BrNO/c1-9(6-7-12)13-10-4-3-5-11(8-10)14-2/h9-11,13H,3-8H2,1-2H3. The van der Waals surface area contributed by atoms with Gasteiger partial charge in [0.2, 0.25) is 0 Å². The fourth-order valence-electron chi connectivity index (χ4n) is 2.16. The van der Waals surface area contributed by atoms with Crippen molar-refractivity contribution in [1.29, 1.82) is 0 Å². The van der Waals surface area contributed by atoms with Gasteiger partial charge in [0.15, 0.2) is 0 Å². The molecule has 1 rings (SSSR count). The maximum Gasteiger partial charge on any atom is 0.0586 e. The van der Waals surface area contributed by atoms with E-state index in [-0.39, 0.29) is 0 Å². The van der Waals surface area contributed by atoms with Crippen LogP contribution in [0.15, 0.2) is 0 Å². The zero-order valence-corrected chi connectivity index (χ0v) is 10.8. The van der Waals surface area contributed by atoms with E-state index in [2.05, 4.69) is 28.2 Å². The van der Waals surface area contributed by atoms with E-state index in [1.165, 1.54) is 32.1 Å². The lowest BCUT2D eigenvalue weighted by Crippen LogP contribution is -2.41. The molecular formula is C11H22BrNO. The summed E-state index contributed by atoms with van der Waals surface area (Å²) in [5, 5.41) is 4.76. The molecule has 0 spiro atoms. The van der Waals surface area contributed by atoms with Crippen LogP contribution in [0.5, 0.6) is 0 Å². The highest BCUT2D eigenvalue weighted by Gasteiger charge is 2.22. The van der Waals surface area contributed by atoms with Crippen LogP contribution < -0.4 is 5.32 Å². The first kappa shape index (κ1) is 12.5. The molecule has 3 atom stereocenters. The summed E-state index contributed by atoms with van der Waals surface area (Å²) in [7, 11) is 1.83. The summed E-state index contributed by atoms with van der Waals surface area (Å²) in [5.74, 6) is 0. The van der Waals surface area contributed by atoms with E-state index in [0.29, 0.717) is 18.2 Å². The maximum absolute atomic E-state index is 5.41. The molecule has 0 aromatic carbocycles. The van der Waals surface area contributed by atoms with Crippen LogP contribution in [-0.4, -0.2) is 30.6 Å². The average molecular weight is 264 g/mol. The van der Waals surface area contributed by atoms with Crippen LogP contribution in [0.3, 0.4) is 0 Å². The van der Waals surface area contributed by atoms with Crippen LogP contribution >= 0.6 is 15.9 Å². The Labute approximate surface area is 95.9 Å². The number of ether oxygens (including phenoxy) is 1. The number of rotatable bonds is 5. The quantitative estimate of drug-likeness (QED) is 0.771. The van der Waals surface area contributed by atoms with Crippen molar-refractivity contribution in [2.24, 2.45) is 0 Å². The third-order valence-corrected chi connectivity index (χ3v) is 3.48. The molecule has 0 amide bonds. The largest absolute Gasteiger partial charge is 0.381 e. The third-order valence-electron chi connectivity index (χ3n) is 3.02. The van der Waals surface area contributed by atoms with Crippen molar-refractivity contribution >= 4 is 15.9 Å². The van der Waals surface area contributed by atoms with Gasteiger partial charge in [-0.05, 0) is 39.0 Å². The second-order valence-electron chi connectivity index (χ2n) is 4.27. The molecule has 0 bridgehead atoms. The van der Waals surface area contributed by atoms with Gasteiger partial charge in [0, 0.05) is 24.5 Å². The van der Waals surface area contributed by atoms with Gasteiger partial charge in [0.05, 0.1) is 6.10 Å². The molecule has 1 fully saturated rings. The SMILES string of the molecule is COC1CCCC(NC(C)CCBr)C1. The lowest BCUT2D eigenvalue weighted by Gasteiger charge is -2.31. The van der Waals surface area contributed by atoms with Crippen LogP contribution in [0.25, 0.3) is 0 Å². The summed E-state index contributed by atoms with van der Waals surface area (Å²) >= 11 is 3.48. The smallest absolute Gasteiger partial charge is 0.0586 e. The molecule has 1 saturated carbocycles. The number of methoxy groups -OCH3 is 1. The number of halogens is 1. The summed E-state index contributed by atoms with van der Waals surface area (Å²) in [6.45, 7) is 2.26. The van der Waals surface area contributed by atoms with Crippen molar-refractivity contribution in [2.75, 3.05) is 12.4 Å². The van der Waals surface area contributed by atoms with E-state index in [1.54, 1.807) is 0 Å². The Hall–Kier alpha value is 0.400. The first-order valence-corrected chi connectivity index (χ1v) is 6.73. The molecule has 14 heavy (non-hydrogen) atoms. The van der Waals surface area contributed by atoms with Crippen LogP contribution in [0, 0.1) is 0 Å². The summed E-state index contributed by atoms with van der Waals surface area (Å²) < 4.78 is 5.41. The van der Waals surface area contributed by atoms with Gasteiger partial charge in [-0.1, -0.05) is 15.9 Å². The minimum atomic E-state index is 0.484. The second-order valence-corrected chi connectivity index (χ2v) is 5.06. The Balaban J connectivity index is 2.22. The minimum absolute atomic E-state index is 0.484. The van der Waals surface area contributed by atoms with Gasteiger partial charge in [-0.2, -0.15) is 0 Å². The van der Waals surface area contributed by atoms with Crippen LogP contribution in [0.4, 0.5) is 0 Å². The Kier molecular flexibility index (Phi) is 6.06. The van der Waals surface area contributed by atoms with Gasteiger partial charge in [-0.15, -0.1) is 0 Å². The zero-order valence-electron chi connectivity index (χ0n) is 9.26. The molecular weight excluding hydrogens is 242 g/mol. The molecule has 1 N–H and O–H groups in total. The molecule has 84 valence electrons. The number of hydrogen-bond donors (Lipinski definition) is 1. The lowest BCUT2D eigenvalue weighted by atomic mass is 9.92. The molecule has 0 aromatic rings. The van der Waals surface area contributed by atoms with Crippen molar-refractivity contribution < 1.29 is 4.74 Å². The molecule has 3 unspecified atom stereocenters. The normalized spacial score (nSPS) is 30.2. The highest BCUT2D eigenvalue weighted by Crippen LogP contribution is 2.21. The summed E-state index contributed by atoms with van der Waals surface area (Å²) in [6, 6.07) is 1.29. The average Bonchev–Trinajstić information content (AvgIpc) is 2.18. The first-order chi connectivity index (χ1) is 6.76. The van der Waals surface area contributed by atoms with Gasteiger partial charge in [0.1, 0.15) is 0 Å². The van der Waals surface area contributed by atoms with Gasteiger partial charge in [-0.25, -0.2) is 0 Å². The topological polar surface area (TPSA) is 21.3 Å². The molecule has 0 aromatic heterocycles. The molecule has 0 saturated heterocycles. The Morgan fingerprint density at radius 1 is 1.50 bits per heavy atom. The predicted octanol–water partition coefficient (Wildman–Crippen LogP) is 2.71. The molecule has 0 aliphatic heterocycles. The summed E-state index contributed by atoms with van der Waals surface area (Å²) in [6.07, 6.45) is 6.72. The first-order valence-electron chi connectivity index (χ1n) is 5.61. The van der Waals surface area contributed by atoms with E-state index in [1.807, 2.05) is 7.11 Å². The second kappa shape index (κ2) is 6.81. The lowest BCUT2D eigenvalue weighted by molar-refractivity contribution is 0.0572. The molecule has 0 radical (unpaired) electrons. The molecule has 1 aliphatic carbocycles. The molecule has 0 heterocycles. The van der Waals surface area contributed by atoms with Gasteiger partial charge in [0.25, 0.3) is 0 Å². The van der Waals surface area contributed by atoms with E-state index < -0.39 is 0 Å². The Morgan fingerprint density at radius 2 is 2.29 bits per heavy atom. The molecule has 2 nitrogen and oxygen atoms in total. The van der Waals surface area contributed by atoms with Gasteiger partial charge in [-0.3, -0.25) is 0 Å². The van der Waals surface area contributed by atoms with Crippen molar-refractivity contribution in [3.8, 4) is 0 Å². The van der Waals surface area contributed by atoms with E-state index in [4.69, 9.17) is 4.74 Å². The van der Waals surface area contributed by atoms with Crippen LogP contribution in [-0.2, 0) is 4.74 Å². The number of alkyl halides is 1. The predicted molar refractivity (Wildman–Crippen MR) is 64.1 cm³/mol. The summed E-state index contributed by atoms with van der Waals surface area (Å²) in [4.78, 5) is 0. The number of hydrogen-bond acceptors (Lipinski definition) is 2. The van der Waals surface area contributed by atoms with E-state index in [9.17, 15) is 0 Å². The minimum Gasteiger partial charge on any atom is -0.381 e. The zero-order chi connectivity index (χ0) is 10.4. The number of nitrogens with one attached hydrogen (secondary N) is 1. The Bertz CT molecular complexity index is 154.